The van der Waals surface area contributed by atoms with Crippen LogP contribution in [0.4, 0.5) is 0 Å². The number of pyridine rings is 1. The SMILES string of the molecule is CC1(C)CNC(c2ccncc2)C(=O)N1. The van der Waals surface area contributed by atoms with Crippen molar-refractivity contribution in [2.24, 2.45) is 0 Å². The molecule has 0 spiro atoms. The van der Waals surface area contributed by atoms with Gasteiger partial charge in [-0.3, -0.25) is 15.1 Å². The maximum absolute atomic E-state index is 11.8. The minimum Gasteiger partial charge on any atom is -0.348 e. The molecule has 4 nitrogen and oxygen atoms in total. The molecule has 4 heteroatoms. The van der Waals surface area contributed by atoms with Gasteiger partial charge in [-0.05, 0) is 31.5 Å². The van der Waals surface area contributed by atoms with E-state index in [-0.39, 0.29) is 17.5 Å². The van der Waals surface area contributed by atoms with Crippen molar-refractivity contribution in [3.05, 3.63) is 30.1 Å². The van der Waals surface area contributed by atoms with Crippen LogP contribution in [-0.4, -0.2) is 23.0 Å². The highest BCUT2D eigenvalue weighted by molar-refractivity contribution is 5.84. The van der Waals surface area contributed by atoms with Crippen LogP contribution in [-0.2, 0) is 4.79 Å². The predicted molar refractivity (Wildman–Crippen MR) is 57.2 cm³/mol. The number of carbonyl (C=O) groups excluding carboxylic acids is 1. The van der Waals surface area contributed by atoms with Crippen molar-refractivity contribution < 1.29 is 4.79 Å². The summed E-state index contributed by atoms with van der Waals surface area (Å²) < 4.78 is 0. The molecule has 1 atom stereocenters. The second-order valence-electron chi connectivity index (χ2n) is 4.47. The zero-order valence-electron chi connectivity index (χ0n) is 8.95. The number of nitrogens with one attached hydrogen (secondary N) is 2. The van der Waals surface area contributed by atoms with Crippen LogP contribution < -0.4 is 10.6 Å². The number of nitrogens with zero attached hydrogens (tertiary/aromatic N) is 1. The molecule has 0 radical (unpaired) electrons. The lowest BCUT2D eigenvalue weighted by atomic mass is 9.97. The van der Waals surface area contributed by atoms with Gasteiger partial charge in [-0.1, -0.05) is 0 Å². The van der Waals surface area contributed by atoms with E-state index in [1.54, 1.807) is 12.4 Å². The van der Waals surface area contributed by atoms with Crippen molar-refractivity contribution in [2.75, 3.05) is 6.54 Å². The molecular weight excluding hydrogens is 190 g/mol. The molecule has 2 heterocycles. The predicted octanol–water partition coefficient (Wildman–Crippen LogP) is 0.621. The Kier molecular flexibility index (Phi) is 2.44. The van der Waals surface area contributed by atoms with Gasteiger partial charge < -0.3 is 5.32 Å². The number of rotatable bonds is 1. The molecule has 1 amide bonds. The van der Waals surface area contributed by atoms with Crippen LogP contribution in [0, 0.1) is 0 Å². The Labute approximate surface area is 89.1 Å². The fourth-order valence-corrected chi connectivity index (χ4v) is 1.72. The summed E-state index contributed by atoms with van der Waals surface area (Å²) in [5, 5.41) is 6.22. The first-order chi connectivity index (χ1) is 7.08. The van der Waals surface area contributed by atoms with Crippen LogP contribution in [0.3, 0.4) is 0 Å². The average Bonchev–Trinajstić information content (AvgIpc) is 2.17. The summed E-state index contributed by atoms with van der Waals surface area (Å²) in [5.74, 6) is 0.0254. The summed E-state index contributed by atoms with van der Waals surface area (Å²) in [6, 6.07) is 3.46. The van der Waals surface area contributed by atoms with Gasteiger partial charge in [0.05, 0.1) is 0 Å². The summed E-state index contributed by atoms with van der Waals surface area (Å²) in [7, 11) is 0. The van der Waals surface area contributed by atoms with Crippen LogP contribution in [0.2, 0.25) is 0 Å². The molecule has 0 aromatic carbocycles. The lowest BCUT2D eigenvalue weighted by Gasteiger charge is -2.36. The van der Waals surface area contributed by atoms with Crippen LogP contribution in [0.25, 0.3) is 0 Å². The number of piperazine rings is 1. The molecule has 2 rings (SSSR count). The molecule has 0 saturated carbocycles. The van der Waals surface area contributed by atoms with E-state index in [2.05, 4.69) is 15.6 Å². The standard InChI is InChI=1S/C11H15N3O/c1-11(2)7-13-9(10(15)14-11)8-3-5-12-6-4-8/h3-6,9,13H,7H2,1-2H3,(H,14,15). The summed E-state index contributed by atoms with van der Waals surface area (Å²) in [6.07, 6.45) is 3.40. The van der Waals surface area contributed by atoms with Gasteiger partial charge in [-0.2, -0.15) is 0 Å². The molecule has 15 heavy (non-hydrogen) atoms. The van der Waals surface area contributed by atoms with Crippen molar-refractivity contribution >= 4 is 5.91 Å². The zero-order chi connectivity index (χ0) is 10.9. The number of aromatic nitrogens is 1. The number of hydrogen-bond acceptors (Lipinski definition) is 3. The minimum absolute atomic E-state index is 0.0254. The van der Waals surface area contributed by atoms with Crippen LogP contribution in [0.15, 0.2) is 24.5 Å². The van der Waals surface area contributed by atoms with Crippen molar-refractivity contribution in [1.82, 2.24) is 15.6 Å². The van der Waals surface area contributed by atoms with Gasteiger partial charge in [0.1, 0.15) is 6.04 Å². The highest BCUT2D eigenvalue weighted by Crippen LogP contribution is 2.18. The Balaban J connectivity index is 2.17. The van der Waals surface area contributed by atoms with Gasteiger partial charge in [-0.15, -0.1) is 0 Å². The van der Waals surface area contributed by atoms with E-state index < -0.39 is 0 Å². The minimum atomic E-state index is -0.249. The normalized spacial score (nSPS) is 24.7. The number of carbonyl (C=O) groups is 1. The van der Waals surface area contributed by atoms with Gasteiger partial charge in [0, 0.05) is 24.5 Å². The fraction of sp³-hybridized carbons (Fsp3) is 0.455. The first kappa shape index (κ1) is 10.1. The van der Waals surface area contributed by atoms with Gasteiger partial charge >= 0.3 is 0 Å². The summed E-state index contributed by atoms with van der Waals surface area (Å²) in [5.41, 5.74) is 0.790. The highest BCUT2D eigenvalue weighted by atomic mass is 16.2. The molecule has 1 saturated heterocycles. The summed E-state index contributed by atoms with van der Waals surface area (Å²) in [4.78, 5) is 15.8. The molecule has 1 fully saturated rings. The molecule has 1 aromatic rings. The van der Waals surface area contributed by atoms with Gasteiger partial charge in [0.15, 0.2) is 0 Å². The second-order valence-corrected chi connectivity index (χ2v) is 4.47. The quantitative estimate of drug-likeness (QED) is 0.706. The van der Waals surface area contributed by atoms with Crippen molar-refractivity contribution in [2.45, 2.75) is 25.4 Å². The summed E-state index contributed by atoms with van der Waals surface area (Å²) >= 11 is 0. The van der Waals surface area contributed by atoms with Gasteiger partial charge in [-0.25, -0.2) is 0 Å². The van der Waals surface area contributed by atoms with Gasteiger partial charge in [0.25, 0.3) is 0 Å². The first-order valence-corrected chi connectivity index (χ1v) is 5.04. The lowest BCUT2D eigenvalue weighted by Crippen LogP contribution is -2.59. The third-order valence-corrected chi connectivity index (χ3v) is 2.51. The molecule has 1 aliphatic heterocycles. The maximum atomic E-state index is 11.8. The van der Waals surface area contributed by atoms with Crippen molar-refractivity contribution in [3.8, 4) is 0 Å². The van der Waals surface area contributed by atoms with E-state index >= 15 is 0 Å². The second kappa shape index (κ2) is 3.62. The molecule has 1 aromatic heterocycles. The smallest absolute Gasteiger partial charge is 0.242 e. The monoisotopic (exact) mass is 205 g/mol. The molecule has 1 aliphatic rings. The van der Waals surface area contributed by atoms with E-state index in [1.165, 1.54) is 0 Å². The largest absolute Gasteiger partial charge is 0.348 e. The maximum Gasteiger partial charge on any atom is 0.242 e. The molecular formula is C11H15N3O. The molecule has 80 valence electrons. The van der Waals surface area contributed by atoms with E-state index in [0.717, 1.165) is 12.1 Å². The third-order valence-electron chi connectivity index (χ3n) is 2.51. The van der Waals surface area contributed by atoms with E-state index in [0.29, 0.717) is 0 Å². The topological polar surface area (TPSA) is 54.0 Å². The van der Waals surface area contributed by atoms with Crippen molar-refractivity contribution in [3.63, 3.8) is 0 Å². The zero-order valence-corrected chi connectivity index (χ0v) is 8.95. The van der Waals surface area contributed by atoms with Crippen LogP contribution >= 0.6 is 0 Å². The lowest BCUT2D eigenvalue weighted by molar-refractivity contribution is -0.126. The Morgan fingerprint density at radius 1 is 1.40 bits per heavy atom. The van der Waals surface area contributed by atoms with E-state index in [9.17, 15) is 4.79 Å². The number of hydrogen-bond donors (Lipinski definition) is 2. The van der Waals surface area contributed by atoms with E-state index in [1.807, 2.05) is 26.0 Å². The Hall–Kier alpha value is -1.42. The van der Waals surface area contributed by atoms with E-state index in [4.69, 9.17) is 0 Å². The fourth-order valence-electron chi connectivity index (χ4n) is 1.72. The highest BCUT2D eigenvalue weighted by Gasteiger charge is 2.32. The Morgan fingerprint density at radius 2 is 2.07 bits per heavy atom. The Bertz CT molecular complexity index is 361. The molecule has 2 N–H and O–H groups in total. The average molecular weight is 205 g/mol. The molecule has 1 unspecified atom stereocenters. The van der Waals surface area contributed by atoms with Crippen LogP contribution in [0.5, 0.6) is 0 Å². The Morgan fingerprint density at radius 3 is 2.67 bits per heavy atom. The third kappa shape index (κ3) is 2.15. The summed E-state index contributed by atoms with van der Waals surface area (Å²) in [6.45, 7) is 4.77. The number of amides is 1. The first-order valence-electron chi connectivity index (χ1n) is 5.04. The van der Waals surface area contributed by atoms with Gasteiger partial charge in [0.2, 0.25) is 5.91 Å². The van der Waals surface area contributed by atoms with Crippen LogP contribution in [0.1, 0.15) is 25.5 Å². The molecule has 0 bridgehead atoms. The van der Waals surface area contributed by atoms with Crippen molar-refractivity contribution in [1.29, 1.82) is 0 Å². The molecule has 0 aliphatic carbocycles.